The van der Waals surface area contributed by atoms with Crippen molar-refractivity contribution in [2.75, 3.05) is 10.3 Å². The zero-order valence-corrected chi connectivity index (χ0v) is 16.2. The maximum absolute atomic E-state index is 12.9. The Hall–Kier alpha value is -3.74. The van der Waals surface area contributed by atoms with Crippen molar-refractivity contribution in [1.29, 1.82) is 0 Å². The highest BCUT2D eigenvalue weighted by Gasteiger charge is 2.40. The first-order valence-corrected chi connectivity index (χ1v) is 9.36. The minimum atomic E-state index is -0.962. The lowest BCUT2D eigenvalue weighted by Crippen LogP contribution is -2.36. The molecular weight excluding hydrogens is 366 g/mol. The van der Waals surface area contributed by atoms with E-state index in [-0.39, 0.29) is 5.91 Å². The highest BCUT2D eigenvalue weighted by Crippen LogP contribution is 2.25. The van der Waals surface area contributed by atoms with Crippen LogP contribution in [0.2, 0.25) is 0 Å². The number of amides is 2. The van der Waals surface area contributed by atoms with E-state index in [2.05, 4.69) is 15.5 Å². The van der Waals surface area contributed by atoms with Gasteiger partial charge in [-0.05, 0) is 31.5 Å². The monoisotopic (exact) mass is 387 g/mol. The van der Waals surface area contributed by atoms with Crippen LogP contribution >= 0.6 is 0 Å². The predicted molar refractivity (Wildman–Crippen MR) is 112 cm³/mol. The summed E-state index contributed by atoms with van der Waals surface area (Å²) >= 11 is 0. The first-order valence-electron chi connectivity index (χ1n) is 9.36. The number of rotatable bonds is 5. The fourth-order valence-electron chi connectivity index (χ4n) is 3.34. The molecule has 7 heteroatoms. The summed E-state index contributed by atoms with van der Waals surface area (Å²) in [6.45, 7) is 4.07. The van der Waals surface area contributed by atoms with Crippen molar-refractivity contribution in [2.45, 2.75) is 20.4 Å². The van der Waals surface area contributed by atoms with Crippen LogP contribution in [0.5, 0.6) is 0 Å². The molecule has 0 unspecified atom stereocenters. The van der Waals surface area contributed by atoms with Gasteiger partial charge in [-0.25, -0.2) is 4.68 Å². The largest absolute Gasteiger partial charge is 0.310 e. The van der Waals surface area contributed by atoms with Crippen LogP contribution in [0.15, 0.2) is 71.8 Å². The summed E-state index contributed by atoms with van der Waals surface area (Å²) < 4.78 is 1.73. The number of carbonyl (C=O) groups is 2. The van der Waals surface area contributed by atoms with Gasteiger partial charge in [0.15, 0.2) is 5.92 Å². The average molecular weight is 387 g/mol. The van der Waals surface area contributed by atoms with Crippen molar-refractivity contribution in [1.82, 2.24) is 9.78 Å². The standard InChI is InChI=1S/C22H21N5O2/c1-15-13-19(26(24-15)14-17-9-5-3-6-10-17)23-21(28)20-16(2)25-27(22(20)29)18-11-7-4-8-12-18/h3-13,20H,14H2,1-2H3,(H,23,28)/t20-/m1/s1. The van der Waals surface area contributed by atoms with Crippen molar-refractivity contribution in [3.63, 3.8) is 0 Å². The van der Waals surface area contributed by atoms with Crippen LogP contribution in [0.1, 0.15) is 18.2 Å². The lowest BCUT2D eigenvalue weighted by atomic mass is 10.0. The van der Waals surface area contributed by atoms with Gasteiger partial charge in [-0.15, -0.1) is 0 Å². The van der Waals surface area contributed by atoms with E-state index in [1.165, 1.54) is 5.01 Å². The smallest absolute Gasteiger partial charge is 0.265 e. The highest BCUT2D eigenvalue weighted by molar-refractivity contribution is 6.28. The summed E-state index contributed by atoms with van der Waals surface area (Å²) in [5.74, 6) is -1.19. The topological polar surface area (TPSA) is 79.6 Å². The van der Waals surface area contributed by atoms with Crippen molar-refractivity contribution < 1.29 is 9.59 Å². The van der Waals surface area contributed by atoms with Gasteiger partial charge in [0.05, 0.1) is 23.6 Å². The van der Waals surface area contributed by atoms with Gasteiger partial charge in [0.25, 0.3) is 5.91 Å². The summed E-state index contributed by atoms with van der Waals surface area (Å²) in [6, 6.07) is 20.7. The molecule has 1 aromatic heterocycles. The van der Waals surface area contributed by atoms with Gasteiger partial charge < -0.3 is 5.32 Å². The molecule has 2 aromatic carbocycles. The Kier molecular flexibility index (Phi) is 4.95. The third-order valence-corrected chi connectivity index (χ3v) is 4.72. The Morgan fingerprint density at radius 3 is 2.38 bits per heavy atom. The van der Waals surface area contributed by atoms with Gasteiger partial charge >= 0.3 is 0 Å². The van der Waals surface area contributed by atoms with Crippen LogP contribution < -0.4 is 10.3 Å². The van der Waals surface area contributed by atoms with Gasteiger partial charge in [0, 0.05) is 6.07 Å². The number of anilines is 2. The molecule has 1 atom stereocenters. The first kappa shape index (κ1) is 18.6. The molecule has 4 rings (SSSR count). The summed E-state index contributed by atoms with van der Waals surface area (Å²) in [7, 11) is 0. The quantitative estimate of drug-likeness (QED) is 0.683. The van der Waals surface area contributed by atoms with Crippen LogP contribution in [0, 0.1) is 12.8 Å². The zero-order valence-electron chi connectivity index (χ0n) is 16.2. The van der Waals surface area contributed by atoms with E-state index in [1.807, 2.05) is 55.5 Å². The van der Waals surface area contributed by atoms with E-state index in [4.69, 9.17) is 0 Å². The Bertz CT molecular complexity index is 1070. The lowest BCUT2D eigenvalue weighted by molar-refractivity contribution is -0.127. The molecule has 1 aliphatic heterocycles. The molecule has 1 N–H and O–H groups in total. The molecule has 29 heavy (non-hydrogen) atoms. The van der Waals surface area contributed by atoms with Crippen LogP contribution in [-0.4, -0.2) is 27.3 Å². The molecule has 146 valence electrons. The fraction of sp³-hybridized carbons (Fsp3) is 0.182. The van der Waals surface area contributed by atoms with Gasteiger partial charge in [0.2, 0.25) is 5.91 Å². The lowest BCUT2D eigenvalue weighted by Gasteiger charge is -2.15. The normalized spacial score (nSPS) is 16.1. The van der Waals surface area contributed by atoms with E-state index < -0.39 is 11.8 Å². The zero-order chi connectivity index (χ0) is 20.4. The number of nitrogens with zero attached hydrogens (tertiary/aromatic N) is 4. The van der Waals surface area contributed by atoms with Crippen molar-refractivity contribution >= 4 is 29.0 Å². The molecular formula is C22H21N5O2. The number of aryl methyl sites for hydroxylation is 1. The third kappa shape index (κ3) is 3.80. The number of aromatic nitrogens is 2. The molecule has 0 bridgehead atoms. The second-order valence-corrected chi connectivity index (χ2v) is 6.96. The van der Waals surface area contributed by atoms with Gasteiger partial charge in [-0.3, -0.25) is 9.59 Å². The molecule has 0 radical (unpaired) electrons. The van der Waals surface area contributed by atoms with E-state index in [9.17, 15) is 9.59 Å². The molecule has 7 nitrogen and oxygen atoms in total. The maximum atomic E-state index is 12.9. The summed E-state index contributed by atoms with van der Waals surface area (Å²) in [5.41, 5.74) is 2.95. The van der Waals surface area contributed by atoms with Crippen molar-refractivity contribution in [3.8, 4) is 0 Å². The van der Waals surface area contributed by atoms with Gasteiger partial charge in [0.1, 0.15) is 5.82 Å². The Morgan fingerprint density at radius 2 is 1.69 bits per heavy atom. The number of para-hydroxylation sites is 1. The third-order valence-electron chi connectivity index (χ3n) is 4.72. The van der Waals surface area contributed by atoms with Crippen molar-refractivity contribution in [2.24, 2.45) is 11.0 Å². The number of carbonyl (C=O) groups excluding carboxylic acids is 2. The second-order valence-electron chi connectivity index (χ2n) is 6.96. The molecule has 2 amide bonds. The number of benzene rings is 2. The molecule has 0 fully saturated rings. The van der Waals surface area contributed by atoms with Crippen LogP contribution in [-0.2, 0) is 16.1 Å². The summed E-state index contributed by atoms with van der Waals surface area (Å²) in [4.78, 5) is 25.8. The Morgan fingerprint density at radius 1 is 1.03 bits per heavy atom. The molecule has 1 aliphatic rings. The fourth-order valence-corrected chi connectivity index (χ4v) is 3.34. The first-order chi connectivity index (χ1) is 14.0. The predicted octanol–water partition coefficient (Wildman–Crippen LogP) is 3.22. The summed E-state index contributed by atoms with van der Waals surface area (Å²) in [6.07, 6.45) is 0. The molecule has 0 aliphatic carbocycles. The minimum absolute atomic E-state index is 0.364. The number of nitrogens with one attached hydrogen (secondary N) is 1. The molecule has 2 heterocycles. The maximum Gasteiger partial charge on any atom is 0.265 e. The highest BCUT2D eigenvalue weighted by atomic mass is 16.2. The van der Waals surface area contributed by atoms with E-state index in [0.29, 0.717) is 23.8 Å². The molecule has 0 saturated heterocycles. The van der Waals surface area contributed by atoms with E-state index in [1.54, 1.807) is 29.8 Å². The Balaban J connectivity index is 1.53. The SMILES string of the molecule is CC1=NN(c2ccccc2)C(=O)[C@H]1C(=O)Nc1cc(C)nn1Cc1ccccc1. The number of hydrogen-bond acceptors (Lipinski definition) is 4. The number of hydrazone groups is 1. The minimum Gasteiger partial charge on any atom is -0.310 e. The van der Waals surface area contributed by atoms with Crippen molar-refractivity contribution in [3.05, 3.63) is 78.0 Å². The van der Waals surface area contributed by atoms with E-state index >= 15 is 0 Å². The van der Waals surface area contributed by atoms with E-state index in [0.717, 1.165) is 11.3 Å². The average Bonchev–Trinajstić information content (AvgIpc) is 3.21. The number of hydrogen-bond donors (Lipinski definition) is 1. The summed E-state index contributed by atoms with van der Waals surface area (Å²) in [5, 5.41) is 12.9. The van der Waals surface area contributed by atoms with Gasteiger partial charge in [-0.1, -0.05) is 48.5 Å². The molecule has 0 spiro atoms. The molecule has 0 saturated carbocycles. The second kappa shape index (κ2) is 7.71. The molecule has 3 aromatic rings. The Labute approximate surface area is 168 Å². The van der Waals surface area contributed by atoms with Gasteiger partial charge in [-0.2, -0.15) is 15.2 Å². The van der Waals surface area contributed by atoms with Crippen LogP contribution in [0.25, 0.3) is 0 Å². The van der Waals surface area contributed by atoms with Crippen LogP contribution in [0.3, 0.4) is 0 Å². The van der Waals surface area contributed by atoms with Crippen LogP contribution in [0.4, 0.5) is 11.5 Å².